The Morgan fingerprint density at radius 2 is 1.76 bits per heavy atom. The number of fused-ring (bicyclic) bond motifs is 2. The molecule has 33 heavy (non-hydrogen) atoms. The fraction of sp³-hybridized carbons (Fsp3) is 0.444. The van der Waals surface area contributed by atoms with Gasteiger partial charge in [-0.1, -0.05) is 49.4 Å². The van der Waals surface area contributed by atoms with E-state index in [0.717, 1.165) is 44.1 Å². The molecule has 0 spiro atoms. The third-order valence-corrected chi connectivity index (χ3v) is 7.15. The van der Waals surface area contributed by atoms with E-state index in [2.05, 4.69) is 36.5 Å². The minimum atomic E-state index is -0.643. The first-order valence-electron chi connectivity index (χ1n) is 12.1. The summed E-state index contributed by atoms with van der Waals surface area (Å²) in [5.41, 5.74) is 4.03. The molecule has 2 aromatic carbocycles. The fourth-order valence-corrected chi connectivity index (χ4v) is 5.39. The predicted molar refractivity (Wildman–Crippen MR) is 126 cm³/mol. The normalized spacial score (nSPS) is 21.4. The maximum atomic E-state index is 13.2. The molecule has 1 fully saturated rings. The number of nitrogens with zero attached hydrogens (tertiary/aromatic N) is 2. The molecule has 3 amide bonds. The van der Waals surface area contributed by atoms with E-state index in [9.17, 15) is 14.4 Å². The van der Waals surface area contributed by atoms with Gasteiger partial charge in [0, 0.05) is 24.2 Å². The largest absolute Gasteiger partial charge is 0.345 e. The average Bonchev–Trinajstić information content (AvgIpc) is 3.64. The average molecular weight is 446 g/mol. The van der Waals surface area contributed by atoms with Gasteiger partial charge in [-0.15, -0.1) is 0 Å². The molecule has 1 saturated carbocycles. The van der Waals surface area contributed by atoms with Crippen LogP contribution in [0, 0.1) is 0 Å². The van der Waals surface area contributed by atoms with Gasteiger partial charge in [-0.2, -0.15) is 0 Å². The van der Waals surface area contributed by atoms with Crippen LogP contribution in [0.3, 0.4) is 0 Å². The first-order valence-corrected chi connectivity index (χ1v) is 12.1. The zero-order valence-corrected chi connectivity index (χ0v) is 19.1. The second-order valence-electron chi connectivity index (χ2n) is 9.40. The quantitative estimate of drug-likeness (QED) is 0.711. The SMILES string of the molecule is CCCN(C(=O)CNC(=O)C1c2ccccc2C(=O)N1C1CC1)C1CCc2ccccc2C1. The molecule has 172 valence electrons. The predicted octanol–water partition coefficient (Wildman–Crippen LogP) is 3.26. The van der Waals surface area contributed by atoms with E-state index < -0.39 is 6.04 Å². The monoisotopic (exact) mass is 445 g/mol. The number of hydrogen-bond donors (Lipinski definition) is 1. The molecule has 0 radical (unpaired) electrons. The lowest BCUT2D eigenvalue weighted by Crippen LogP contribution is -2.49. The van der Waals surface area contributed by atoms with Crippen LogP contribution in [0.1, 0.15) is 65.7 Å². The van der Waals surface area contributed by atoms with Gasteiger partial charge in [0.05, 0.1) is 6.54 Å². The summed E-state index contributed by atoms with van der Waals surface area (Å²) in [4.78, 5) is 43.0. The number of hydrogen-bond acceptors (Lipinski definition) is 3. The summed E-state index contributed by atoms with van der Waals surface area (Å²) in [7, 11) is 0. The molecular weight excluding hydrogens is 414 g/mol. The van der Waals surface area contributed by atoms with E-state index in [0.29, 0.717) is 12.1 Å². The lowest BCUT2D eigenvalue weighted by atomic mass is 9.87. The number of rotatable bonds is 7. The van der Waals surface area contributed by atoms with Crippen LogP contribution >= 0.6 is 0 Å². The number of nitrogens with one attached hydrogen (secondary N) is 1. The molecule has 2 atom stereocenters. The van der Waals surface area contributed by atoms with Crippen molar-refractivity contribution in [2.75, 3.05) is 13.1 Å². The summed E-state index contributed by atoms with van der Waals surface area (Å²) in [5, 5.41) is 2.87. The Morgan fingerprint density at radius 3 is 2.52 bits per heavy atom. The van der Waals surface area contributed by atoms with Gasteiger partial charge in [0.25, 0.3) is 5.91 Å². The van der Waals surface area contributed by atoms with Gasteiger partial charge in [-0.25, -0.2) is 0 Å². The second kappa shape index (κ2) is 9.00. The van der Waals surface area contributed by atoms with Crippen molar-refractivity contribution in [2.45, 2.75) is 63.6 Å². The van der Waals surface area contributed by atoms with Crippen LogP contribution < -0.4 is 5.32 Å². The smallest absolute Gasteiger partial charge is 0.255 e. The minimum absolute atomic E-state index is 0.0393. The highest BCUT2D eigenvalue weighted by Crippen LogP contribution is 2.41. The Hall–Kier alpha value is -3.15. The summed E-state index contributed by atoms with van der Waals surface area (Å²) in [6.07, 6.45) is 5.49. The van der Waals surface area contributed by atoms with Gasteiger partial charge in [0.2, 0.25) is 11.8 Å². The van der Waals surface area contributed by atoms with Crippen LogP contribution in [0.15, 0.2) is 48.5 Å². The lowest BCUT2D eigenvalue weighted by molar-refractivity contribution is -0.136. The van der Waals surface area contributed by atoms with Crippen molar-refractivity contribution >= 4 is 17.7 Å². The molecule has 2 unspecified atom stereocenters. The Labute approximate surface area is 194 Å². The van der Waals surface area contributed by atoms with Gasteiger partial charge in [-0.3, -0.25) is 14.4 Å². The Bertz CT molecular complexity index is 1080. The van der Waals surface area contributed by atoms with E-state index in [-0.39, 0.29) is 36.3 Å². The number of amides is 3. The van der Waals surface area contributed by atoms with Crippen molar-refractivity contribution in [3.05, 3.63) is 70.8 Å². The Morgan fingerprint density at radius 1 is 1.03 bits per heavy atom. The molecule has 1 N–H and O–H groups in total. The molecule has 5 rings (SSSR count). The first kappa shape index (κ1) is 21.7. The molecule has 2 aliphatic carbocycles. The van der Waals surface area contributed by atoms with Crippen molar-refractivity contribution in [3.63, 3.8) is 0 Å². The van der Waals surface area contributed by atoms with E-state index in [1.807, 2.05) is 23.1 Å². The van der Waals surface area contributed by atoms with Crippen molar-refractivity contribution in [1.29, 1.82) is 0 Å². The summed E-state index contributed by atoms with van der Waals surface area (Å²) in [6.45, 7) is 2.72. The number of carbonyl (C=O) groups excluding carboxylic acids is 3. The number of aryl methyl sites for hydroxylation is 1. The maximum absolute atomic E-state index is 13.2. The third-order valence-electron chi connectivity index (χ3n) is 7.15. The summed E-state index contributed by atoms with van der Waals surface area (Å²) in [5.74, 6) is -0.391. The van der Waals surface area contributed by atoms with Crippen molar-refractivity contribution < 1.29 is 14.4 Å². The topological polar surface area (TPSA) is 69.7 Å². The van der Waals surface area contributed by atoms with E-state index in [1.165, 1.54) is 11.1 Å². The fourth-order valence-electron chi connectivity index (χ4n) is 5.39. The van der Waals surface area contributed by atoms with E-state index in [1.54, 1.807) is 11.0 Å². The minimum Gasteiger partial charge on any atom is -0.345 e. The van der Waals surface area contributed by atoms with Crippen LogP contribution in [0.4, 0.5) is 0 Å². The first-order chi connectivity index (χ1) is 16.1. The van der Waals surface area contributed by atoms with Crippen molar-refractivity contribution in [3.8, 4) is 0 Å². The van der Waals surface area contributed by atoms with Crippen LogP contribution in [0.2, 0.25) is 0 Å². The van der Waals surface area contributed by atoms with Gasteiger partial charge in [0.15, 0.2) is 0 Å². The van der Waals surface area contributed by atoms with Crippen molar-refractivity contribution in [1.82, 2.24) is 15.1 Å². The molecule has 1 heterocycles. The summed E-state index contributed by atoms with van der Waals surface area (Å²) < 4.78 is 0. The molecule has 2 aromatic rings. The highest BCUT2D eigenvalue weighted by Gasteiger charge is 2.47. The van der Waals surface area contributed by atoms with E-state index in [4.69, 9.17) is 0 Å². The summed E-state index contributed by atoms with van der Waals surface area (Å²) >= 11 is 0. The number of benzene rings is 2. The molecule has 6 nitrogen and oxygen atoms in total. The number of carbonyl (C=O) groups is 3. The van der Waals surface area contributed by atoms with Crippen LogP contribution in [0.5, 0.6) is 0 Å². The molecule has 3 aliphatic rings. The molecule has 0 aromatic heterocycles. The van der Waals surface area contributed by atoms with Gasteiger partial charge in [0.1, 0.15) is 6.04 Å². The molecular formula is C27H31N3O3. The molecule has 0 bridgehead atoms. The standard InChI is InChI=1S/C27H31N3O3/c1-2-15-29(21-12-11-18-7-3-4-8-19(18)16-21)24(31)17-28-26(32)25-22-9-5-6-10-23(22)27(33)30(25)20-13-14-20/h3-10,20-21,25H,2,11-17H2,1H3,(H,28,32). The highest BCUT2D eigenvalue weighted by molar-refractivity contribution is 6.05. The third kappa shape index (κ3) is 4.14. The van der Waals surface area contributed by atoms with Gasteiger partial charge >= 0.3 is 0 Å². The van der Waals surface area contributed by atoms with Crippen molar-refractivity contribution in [2.24, 2.45) is 0 Å². The Balaban J connectivity index is 1.27. The second-order valence-corrected chi connectivity index (χ2v) is 9.40. The molecule has 0 saturated heterocycles. The molecule has 1 aliphatic heterocycles. The van der Waals surface area contributed by atoms with Crippen LogP contribution in [-0.4, -0.2) is 52.7 Å². The highest BCUT2D eigenvalue weighted by atomic mass is 16.2. The lowest BCUT2D eigenvalue weighted by Gasteiger charge is -2.35. The van der Waals surface area contributed by atoms with Crippen LogP contribution in [0.25, 0.3) is 0 Å². The molecule has 6 heteroatoms. The zero-order valence-electron chi connectivity index (χ0n) is 19.1. The van der Waals surface area contributed by atoms with Gasteiger partial charge in [-0.05, 0) is 61.3 Å². The summed E-state index contributed by atoms with van der Waals surface area (Å²) in [6, 6.07) is 15.4. The van der Waals surface area contributed by atoms with Gasteiger partial charge < -0.3 is 15.1 Å². The van der Waals surface area contributed by atoms with E-state index >= 15 is 0 Å². The zero-order chi connectivity index (χ0) is 22.9. The Kier molecular flexibility index (Phi) is 5.92. The van der Waals surface area contributed by atoms with Crippen LogP contribution in [-0.2, 0) is 22.4 Å². The maximum Gasteiger partial charge on any atom is 0.255 e.